The van der Waals surface area contributed by atoms with Crippen LogP contribution >= 0.6 is 0 Å². The van der Waals surface area contributed by atoms with Gasteiger partial charge in [0.1, 0.15) is 11.8 Å². The van der Waals surface area contributed by atoms with Crippen LogP contribution in [0, 0.1) is 5.92 Å². The molecule has 38 heavy (non-hydrogen) atoms. The second-order valence-electron chi connectivity index (χ2n) is 10.5. The molecule has 2 aromatic heterocycles. The van der Waals surface area contributed by atoms with E-state index in [0.717, 1.165) is 16.7 Å². The molecule has 2 aliphatic rings. The Bertz CT molecular complexity index is 1410. The number of hydrogen-bond donors (Lipinski definition) is 0. The summed E-state index contributed by atoms with van der Waals surface area (Å²) in [5, 5.41) is 0. The predicted molar refractivity (Wildman–Crippen MR) is 144 cm³/mol. The number of pyridine rings is 2. The van der Waals surface area contributed by atoms with E-state index in [2.05, 4.69) is 23.8 Å². The lowest BCUT2D eigenvalue weighted by atomic mass is 9.87. The van der Waals surface area contributed by atoms with Crippen molar-refractivity contribution in [3.05, 3.63) is 84.4 Å². The molecule has 0 radical (unpaired) electrons. The molecule has 9 heteroatoms. The largest absolute Gasteiger partial charge is 0.330 e. The first-order valence-electron chi connectivity index (χ1n) is 13.0. The summed E-state index contributed by atoms with van der Waals surface area (Å²) < 4.78 is 27.8. The van der Waals surface area contributed by atoms with E-state index in [1.165, 1.54) is 4.31 Å². The third-order valence-corrected chi connectivity index (χ3v) is 9.16. The number of ketones is 1. The Hall–Kier alpha value is -3.43. The fraction of sp³-hybridized carbons (Fsp3) is 0.379. The Balaban J connectivity index is 1.40. The number of rotatable bonds is 8. The summed E-state index contributed by atoms with van der Waals surface area (Å²) in [5.41, 5.74) is 3.33. The summed E-state index contributed by atoms with van der Waals surface area (Å²) in [4.78, 5) is 37.1. The standard InChI is InChI=1S/C29H32N4O4S/c1-20(2)16-25(23-7-5-6-22(17-23)21-9-13-30-14-10-21)29(35)32-15-11-26-28(32)27(34)18-33(26)38(36,37)19-24-8-3-4-12-31-24/h3-10,12-14,17,20,25-26,28H,11,15-16,18-19H2,1-2H3. The number of Topliss-reactive ketones (excluding diaryl/α,β-unsaturated/α-hetero) is 1. The molecular formula is C29H32N4O4S. The fourth-order valence-electron chi connectivity index (χ4n) is 5.67. The van der Waals surface area contributed by atoms with E-state index < -0.39 is 28.0 Å². The minimum atomic E-state index is -3.77. The van der Waals surface area contributed by atoms with Crippen LogP contribution in [0.3, 0.4) is 0 Å². The molecule has 1 amide bonds. The first-order chi connectivity index (χ1) is 18.2. The highest BCUT2D eigenvalue weighted by molar-refractivity contribution is 7.88. The van der Waals surface area contributed by atoms with Gasteiger partial charge in [0.05, 0.1) is 24.2 Å². The van der Waals surface area contributed by atoms with E-state index in [-0.39, 0.29) is 29.9 Å². The Labute approximate surface area is 223 Å². The van der Waals surface area contributed by atoms with Crippen LogP contribution in [0.2, 0.25) is 0 Å². The van der Waals surface area contributed by atoms with Crippen molar-refractivity contribution in [2.75, 3.05) is 13.1 Å². The summed E-state index contributed by atoms with van der Waals surface area (Å²) in [6.07, 6.45) is 6.10. The van der Waals surface area contributed by atoms with Gasteiger partial charge in [-0.2, -0.15) is 4.31 Å². The maximum atomic E-state index is 14.1. The monoisotopic (exact) mass is 532 g/mol. The van der Waals surface area contributed by atoms with Crippen molar-refractivity contribution in [3.63, 3.8) is 0 Å². The lowest BCUT2D eigenvalue weighted by Gasteiger charge is -2.29. The van der Waals surface area contributed by atoms with Gasteiger partial charge in [0.15, 0.2) is 5.78 Å². The van der Waals surface area contributed by atoms with Crippen molar-refractivity contribution >= 4 is 21.7 Å². The topological polar surface area (TPSA) is 101 Å². The van der Waals surface area contributed by atoms with Gasteiger partial charge in [-0.05, 0) is 59.7 Å². The van der Waals surface area contributed by atoms with Gasteiger partial charge in [-0.15, -0.1) is 0 Å². The zero-order chi connectivity index (χ0) is 26.9. The van der Waals surface area contributed by atoms with Crippen LogP contribution in [-0.4, -0.2) is 64.5 Å². The number of hydrogen-bond acceptors (Lipinski definition) is 6. The van der Waals surface area contributed by atoms with Crippen molar-refractivity contribution in [2.45, 2.75) is 50.4 Å². The molecule has 4 heterocycles. The number of aromatic nitrogens is 2. The summed E-state index contributed by atoms with van der Waals surface area (Å²) >= 11 is 0. The minimum Gasteiger partial charge on any atom is -0.330 e. The number of nitrogens with zero attached hydrogens (tertiary/aromatic N) is 4. The molecule has 5 rings (SSSR count). The molecule has 2 aliphatic heterocycles. The summed E-state index contributed by atoms with van der Waals surface area (Å²) in [6, 6.07) is 15.7. The quantitative estimate of drug-likeness (QED) is 0.439. The minimum absolute atomic E-state index is 0.115. The van der Waals surface area contributed by atoms with Crippen molar-refractivity contribution in [3.8, 4) is 11.1 Å². The maximum absolute atomic E-state index is 14.1. The third-order valence-electron chi connectivity index (χ3n) is 7.38. The molecule has 198 valence electrons. The first kappa shape index (κ1) is 26.2. The molecule has 0 saturated carbocycles. The van der Waals surface area contributed by atoms with Crippen LogP contribution in [0.15, 0.2) is 73.2 Å². The van der Waals surface area contributed by atoms with Gasteiger partial charge in [0, 0.05) is 25.1 Å². The molecule has 2 saturated heterocycles. The second kappa shape index (κ2) is 10.7. The Kier molecular flexibility index (Phi) is 7.40. The van der Waals surface area contributed by atoms with Gasteiger partial charge >= 0.3 is 0 Å². The molecule has 0 aliphatic carbocycles. The Morgan fingerprint density at radius 1 is 1.03 bits per heavy atom. The smallest absolute Gasteiger partial charge is 0.230 e. The number of likely N-dealkylation sites (tertiary alicyclic amines) is 1. The number of carbonyl (C=O) groups is 2. The van der Waals surface area contributed by atoms with Gasteiger partial charge in [0.2, 0.25) is 15.9 Å². The summed E-state index contributed by atoms with van der Waals surface area (Å²) in [6.45, 7) is 4.30. The highest BCUT2D eigenvalue weighted by Crippen LogP contribution is 2.37. The van der Waals surface area contributed by atoms with Crippen LogP contribution in [0.1, 0.15) is 43.9 Å². The number of amides is 1. The number of benzene rings is 1. The van der Waals surface area contributed by atoms with Gasteiger partial charge in [-0.1, -0.05) is 44.2 Å². The molecule has 0 bridgehead atoms. The van der Waals surface area contributed by atoms with Crippen LogP contribution in [0.4, 0.5) is 0 Å². The summed E-state index contributed by atoms with van der Waals surface area (Å²) in [7, 11) is -3.77. The molecule has 0 spiro atoms. The van der Waals surface area contributed by atoms with Crippen molar-refractivity contribution in [1.82, 2.24) is 19.2 Å². The van der Waals surface area contributed by atoms with Gasteiger partial charge in [-0.3, -0.25) is 19.6 Å². The average molecular weight is 533 g/mol. The second-order valence-corrected chi connectivity index (χ2v) is 12.4. The zero-order valence-corrected chi connectivity index (χ0v) is 22.4. The molecule has 1 aromatic carbocycles. The molecule has 3 atom stereocenters. The van der Waals surface area contributed by atoms with E-state index >= 15 is 0 Å². The Morgan fingerprint density at radius 3 is 2.53 bits per heavy atom. The van der Waals surface area contributed by atoms with Gasteiger partial charge in [0.25, 0.3) is 0 Å². The molecule has 0 N–H and O–H groups in total. The molecule has 2 fully saturated rings. The van der Waals surface area contributed by atoms with Crippen molar-refractivity contribution in [2.24, 2.45) is 5.92 Å². The van der Waals surface area contributed by atoms with E-state index in [1.54, 1.807) is 41.7 Å². The first-order valence-corrected chi connectivity index (χ1v) is 14.6. The Morgan fingerprint density at radius 2 is 1.82 bits per heavy atom. The average Bonchev–Trinajstić information content (AvgIpc) is 3.49. The lowest BCUT2D eigenvalue weighted by Crippen LogP contribution is -2.45. The van der Waals surface area contributed by atoms with Gasteiger partial charge < -0.3 is 4.90 Å². The fourth-order valence-corrected chi connectivity index (χ4v) is 7.33. The van der Waals surface area contributed by atoms with Crippen molar-refractivity contribution < 1.29 is 18.0 Å². The van der Waals surface area contributed by atoms with Crippen LogP contribution in [-0.2, 0) is 25.4 Å². The van der Waals surface area contributed by atoms with E-state index in [9.17, 15) is 18.0 Å². The number of carbonyl (C=O) groups excluding carboxylic acids is 2. The summed E-state index contributed by atoms with van der Waals surface area (Å²) in [5.74, 6) is -0.783. The van der Waals surface area contributed by atoms with E-state index in [1.807, 2.05) is 36.4 Å². The number of sulfonamides is 1. The van der Waals surface area contributed by atoms with Crippen LogP contribution in [0.25, 0.3) is 11.1 Å². The van der Waals surface area contributed by atoms with Gasteiger partial charge in [-0.25, -0.2) is 8.42 Å². The lowest BCUT2D eigenvalue weighted by molar-refractivity contribution is -0.138. The third kappa shape index (κ3) is 5.26. The molecular weight excluding hydrogens is 500 g/mol. The molecule has 3 unspecified atom stereocenters. The molecule has 3 aromatic rings. The van der Waals surface area contributed by atoms with E-state index in [0.29, 0.717) is 25.1 Å². The SMILES string of the molecule is CC(C)CC(C(=O)N1CCC2C1C(=O)CN2S(=O)(=O)Cc1ccccn1)c1cccc(-c2ccncc2)c1. The molecule has 8 nitrogen and oxygen atoms in total. The zero-order valence-electron chi connectivity index (χ0n) is 21.6. The van der Waals surface area contributed by atoms with Crippen LogP contribution < -0.4 is 0 Å². The normalized spacial score (nSPS) is 20.6. The number of fused-ring (bicyclic) bond motifs is 1. The van der Waals surface area contributed by atoms with Crippen molar-refractivity contribution in [1.29, 1.82) is 0 Å². The van der Waals surface area contributed by atoms with Crippen LogP contribution in [0.5, 0.6) is 0 Å². The highest BCUT2D eigenvalue weighted by Gasteiger charge is 2.54. The van der Waals surface area contributed by atoms with E-state index in [4.69, 9.17) is 0 Å². The predicted octanol–water partition coefficient (Wildman–Crippen LogP) is 3.66. The highest BCUT2D eigenvalue weighted by atomic mass is 32.2. The maximum Gasteiger partial charge on any atom is 0.230 e.